The molecule has 2 rings (SSSR count). The van der Waals surface area contributed by atoms with Crippen LogP contribution in [-0.4, -0.2) is 16.6 Å². The number of aryl methyl sites for hydroxylation is 2. The third-order valence-corrected chi connectivity index (χ3v) is 4.37. The summed E-state index contributed by atoms with van der Waals surface area (Å²) in [7, 11) is 0. The molecule has 1 aromatic carbocycles. The van der Waals surface area contributed by atoms with Crippen LogP contribution in [0.1, 0.15) is 29.8 Å². The van der Waals surface area contributed by atoms with Crippen LogP contribution in [0.25, 0.3) is 0 Å². The van der Waals surface area contributed by atoms with E-state index in [-0.39, 0.29) is 11.9 Å². The topological polar surface area (TPSA) is 42.0 Å². The van der Waals surface area contributed by atoms with E-state index >= 15 is 0 Å². The van der Waals surface area contributed by atoms with Crippen molar-refractivity contribution in [1.82, 2.24) is 10.3 Å². The van der Waals surface area contributed by atoms with E-state index in [1.54, 1.807) is 18.0 Å². The Hall–Kier alpha value is -1.81. The highest BCUT2D eigenvalue weighted by molar-refractivity contribution is 8.00. The molecule has 0 radical (unpaired) electrons. The summed E-state index contributed by atoms with van der Waals surface area (Å²) in [4.78, 5) is 17.5. The molecule has 1 heterocycles. The molecule has 110 valence electrons. The van der Waals surface area contributed by atoms with Crippen molar-refractivity contribution in [3.63, 3.8) is 0 Å². The van der Waals surface area contributed by atoms with Crippen molar-refractivity contribution in [2.45, 2.75) is 31.7 Å². The Kier molecular flexibility index (Phi) is 5.39. The minimum Gasteiger partial charge on any atom is -0.347 e. The van der Waals surface area contributed by atoms with Crippen molar-refractivity contribution in [3.05, 3.63) is 59.4 Å². The Balaban J connectivity index is 1.89. The number of hydrogen-bond acceptors (Lipinski definition) is 3. The van der Waals surface area contributed by atoms with Gasteiger partial charge in [0.2, 0.25) is 5.91 Å². The van der Waals surface area contributed by atoms with Gasteiger partial charge in [0.1, 0.15) is 0 Å². The summed E-state index contributed by atoms with van der Waals surface area (Å²) in [5.74, 6) is 0.445. The average Bonchev–Trinajstić information content (AvgIpc) is 2.49. The second-order valence-electron chi connectivity index (χ2n) is 5.10. The third kappa shape index (κ3) is 4.60. The number of rotatable bonds is 5. The molecule has 0 fully saturated rings. The lowest BCUT2D eigenvalue weighted by atomic mass is 10.2. The zero-order valence-corrected chi connectivity index (χ0v) is 13.4. The molecule has 0 aliphatic heterocycles. The van der Waals surface area contributed by atoms with Crippen molar-refractivity contribution in [1.29, 1.82) is 0 Å². The number of nitrogens with zero attached hydrogens (tertiary/aromatic N) is 1. The predicted octanol–water partition coefficient (Wildman–Crippen LogP) is 3.67. The summed E-state index contributed by atoms with van der Waals surface area (Å²) in [5, 5.41) is 2.98. The van der Waals surface area contributed by atoms with Gasteiger partial charge in [0.05, 0.1) is 17.5 Å². The largest absolute Gasteiger partial charge is 0.347 e. The fraction of sp³-hybridized carbons (Fsp3) is 0.294. The Morgan fingerprint density at radius 3 is 2.81 bits per heavy atom. The summed E-state index contributed by atoms with van der Waals surface area (Å²) in [6.07, 6.45) is 1.74. The zero-order chi connectivity index (χ0) is 15.2. The quantitative estimate of drug-likeness (QED) is 0.857. The number of benzene rings is 1. The van der Waals surface area contributed by atoms with E-state index in [0.717, 1.165) is 10.6 Å². The van der Waals surface area contributed by atoms with Crippen molar-refractivity contribution in [2.24, 2.45) is 0 Å². The first-order valence-corrected chi connectivity index (χ1v) is 7.95. The van der Waals surface area contributed by atoms with E-state index in [2.05, 4.69) is 42.3 Å². The molecule has 2 aromatic rings. The number of carbonyl (C=O) groups is 1. The Bertz CT molecular complexity index is 613. The van der Waals surface area contributed by atoms with Gasteiger partial charge < -0.3 is 5.32 Å². The molecule has 0 aliphatic carbocycles. The molecule has 0 saturated heterocycles. The average molecular weight is 300 g/mol. The van der Waals surface area contributed by atoms with Crippen molar-refractivity contribution >= 4 is 17.7 Å². The first-order valence-electron chi connectivity index (χ1n) is 6.96. The van der Waals surface area contributed by atoms with E-state index in [1.807, 2.05) is 25.1 Å². The van der Waals surface area contributed by atoms with Crippen LogP contribution in [0, 0.1) is 13.8 Å². The SMILES string of the molecule is Cc1ccc(C)c(SCC(=O)NC(C)c2ccccn2)c1. The summed E-state index contributed by atoms with van der Waals surface area (Å²) < 4.78 is 0. The molecule has 21 heavy (non-hydrogen) atoms. The van der Waals surface area contributed by atoms with E-state index in [0.29, 0.717) is 5.75 Å². The number of amides is 1. The highest BCUT2D eigenvalue weighted by atomic mass is 32.2. The lowest BCUT2D eigenvalue weighted by molar-refractivity contribution is -0.119. The van der Waals surface area contributed by atoms with Crippen LogP contribution in [-0.2, 0) is 4.79 Å². The van der Waals surface area contributed by atoms with Gasteiger partial charge in [-0.05, 0) is 44.5 Å². The predicted molar refractivity (Wildman–Crippen MR) is 87.4 cm³/mol. The van der Waals surface area contributed by atoms with Crippen LogP contribution in [0.2, 0.25) is 0 Å². The van der Waals surface area contributed by atoms with Gasteiger partial charge in [-0.2, -0.15) is 0 Å². The van der Waals surface area contributed by atoms with Crippen molar-refractivity contribution in [2.75, 3.05) is 5.75 Å². The Morgan fingerprint density at radius 1 is 1.29 bits per heavy atom. The molecule has 1 atom stereocenters. The van der Waals surface area contributed by atoms with Crippen LogP contribution in [0.4, 0.5) is 0 Å². The normalized spacial score (nSPS) is 12.0. The minimum absolute atomic E-state index is 0.0269. The van der Waals surface area contributed by atoms with Crippen molar-refractivity contribution < 1.29 is 4.79 Å². The Morgan fingerprint density at radius 2 is 2.10 bits per heavy atom. The zero-order valence-electron chi connectivity index (χ0n) is 12.6. The second-order valence-corrected chi connectivity index (χ2v) is 6.12. The molecular weight excluding hydrogens is 280 g/mol. The highest BCUT2D eigenvalue weighted by Crippen LogP contribution is 2.23. The number of carbonyl (C=O) groups excluding carboxylic acids is 1. The molecule has 0 spiro atoms. The summed E-state index contributed by atoms with van der Waals surface area (Å²) in [6, 6.07) is 11.9. The van der Waals surface area contributed by atoms with Crippen LogP contribution >= 0.6 is 11.8 Å². The monoisotopic (exact) mass is 300 g/mol. The maximum absolute atomic E-state index is 12.0. The Labute approximate surface area is 130 Å². The fourth-order valence-electron chi connectivity index (χ4n) is 2.00. The van der Waals surface area contributed by atoms with E-state index in [1.165, 1.54) is 11.1 Å². The van der Waals surface area contributed by atoms with E-state index < -0.39 is 0 Å². The van der Waals surface area contributed by atoms with Gasteiger partial charge in [-0.15, -0.1) is 11.8 Å². The summed E-state index contributed by atoms with van der Waals surface area (Å²) in [5.41, 5.74) is 3.30. The van der Waals surface area contributed by atoms with Crippen LogP contribution < -0.4 is 5.32 Å². The van der Waals surface area contributed by atoms with Gasteiger partial charge in [-0.3, -0.25) is 9.78 Å². The van der Waals surface area contributed by atoms with Gasteiger partial charge in [0.15, 0.2) is 0 Å². The first kappa shape index (κ1) is 15.6. The number of pyridine rings is 1. The molecule has 0 bridgehead atoms. The standard InChI is InChI=1S/C17H20N2OS/c1-12-7-8-13(2)16(10-12)21-11-17(20)19-14(3)15-6-4-5-9-18-15/h4-10,14H,11H2,1-3H3,(H,19,20). The molecule has 1 aromatic heterocycles. The van der Waals surface area contributed by atoms with Gasteiger partial charge in [-0.25, -0.2) is 0 Å². The first-order chi connectivity index (χ1) is 10.1. The highest BCUT2D eigenvalue weighted by Gasteiger charge is 2.11. The molecule has 1 unspecified atom stereocenters. The number of nitrogens with one attached hydrogen (secondary N) is 1. The molecule has 3 nitrogen and oxygen atoms in total. The molecule has 0 saturated carbocycles. The van der Waals surface area contributed by atoms with Crippen LogP contribution in [0.3, 0.4) is 0 Å². The fourth-order valence-corrected chi connectivity index (χ4v) is 2.93. The summed E-state index contributed by atoms with van der Waals surface area (Å²) >= 11 is 1.57. The number of thioether (sulfide) groups is 1. The smallest absolute Gasteiger partial charge is 0.230 e. The van der Waals surface area contributed by atoms with Crippen LogP contribution in [0.15, 0.2) is 47.5 Å². The minimum atomic E-state index is -0.0714. The second kappa shape index (κ2) is 7.27. The van der Waals surface area contributed by atoms with Gasteiger partial charge in [0, 0.05) is 11.1 Å². The summed E-state index contributed by atoms with van der Waals surface area (Å²) in [6.45, 7) is 6.08. The van der Waals surface area contributed by atoms with Crippen LogP contribution in [0.5, 0.6) is 0 Å². The maximum Gasteiger partial charge on any atom is 0.230 e. The molecule has 1 amide bonds. The maximum atomic E-state index is 12.0. The third-order valence-electron chi connectivity index (χ3n) is 3.21. The lowest BCUT2D eigenvalue weighted by Crippen LogP contribution is -2.28. The number of aromatic nitrogens is 1. The molecule has 0 aliphatic rings. The molecule has 1 N–H and O–H groups in total. The molecular formula is C17H20N2OS. The van der Waals surface area contributed by atoms with Gasteiger partial charge in [0.25, 0.3) is 0 Å². The van der Waals surface area contributed by atoms with Crippen molar-refractivity contribution in [3.8, 4) is 0 Å². The van der Waals surface area contributed by atoms with E-state index in [4.69, 9.17) is 0 Å². The van der Waals surface area contributed by atoms with E-state index in [9.17, 15) is 4.79 Å². The molecule has 4 heteroatoms. The van der Waals surface area contributed by atoms with Gasteiger partial charge >= 0.3 is 0 Å². The van der Waals surface area contributed by atoms with Gasteiger partial charge in [-0.1, -0.05) is 23.8 Å². The lowest BCUT2D eigenvalue weighted by Gasteiger charge is -2.13. The number of hydrogen-bond donors (Lipinski definition) is 1.